The molecule has 0 bridgehead atoms. The van der Waals surface area contributed by atoms with Crippen LogP contribution in [0.4, 0.5) is 0 Å². The summed E-state index contributed by atoms with van der Waals surface area (Å²) in [6.07, 6.45) is 7.41. The minimum atomic E-state index is -2.80. The number of aromatic nitrogens is 1. The molecule has 124 valence electrons. The van der Waals surface area contributed by atoms with Gasteiger partial charge in [0.1, 0.15) is 0 Å². The molecule has 2 heterocycles. The van der Waals surface area contributed by atoms with E-state index in [0.717, 1.165) is 13.0 Å². The lowest BCUT2D eigenvalue weighted by Gasteiger charge is -2.26. The fraction of sp³-hybridized carbons (Fsp3) is 0.765. The molecule has 0 aromatic carbocycles. The Kier molecular flexibility index (Phi) is 4.64. The zero-order valence-corrected chi connectivity index (χ0v) is 14.6. The molecule has 1 aliphatic heterocycles. The highest BCUT2D eigenvalue weighted by Gasteiger charge is 2.27. The molecule has 1 atom stereocenters. The van der Waals surface area contributed by atoms with E-state index in [0.29, 0.717) is 17.5 Å². The summed E-state index contributed by atoms with van der Waals surface area (Å²) in [6.45, 7) is 5.20. The molecule has 0 unspecified atom stereocenters. The quantitative estimate of drug-likeness (QED) is 0.926. The first-order valence-corrected chi connectivity index (χ1v) is 10.4. The van der Waals surface area contributed by atoms with Gasteiger partial charge in [0.05, 0.1) is 11.5 Å². The molecule has 3 rings (SSSR count). The van der Waals surface area contributed by atoms with E-state index < -0.39 is 9.84 Å². The monoisotopic (exact) mass is 324 g/mol. The fourth-order valence-corrected chi connectivity index (χ4v) is 5.84. The molecule has 1 aromatic heterocycles. The van der Waals surface area contributed by atoms with Crippen LogP contribution in [0.5, 0.6) is 0 Å². The summed E-state index contributed by atoms with van der Waals surface area (Å²) in [4.78, 5) is 0. The van der Waals surface area contributed by atoms with Gasteiger partial charge in [0, 0.05) is 30.0 Å². The van der Waals surface area contributed by atoms with Gasteiger partial charge in [-0.05, 0) is 44.7 Å². The molecule has 2 aliphatic rings. The van der Waals surface area contributed by atoms with Crippen LogP contribution < -0.4 is 5.32 Å². The average Bonchev–Trinajstić information content (AvgIpc) is 2.97. The molecular formula is C17H28N2O2S. The summed E-state index contributed by atoms with van der Waals surface area (Å²) in [6, 6.07) is 3.07. The number of nitrogens with zero attached hydrogens (tertiary/aromatic N) is 1. The SMILES string of the molecule is Cc1cc(CN[C@@H]2CCS(=O)(=O)C2)c(C)n1C1CCCCC1. The molecule has 22 heavy (non-hydrogen) atoms. The van der Waals surface area contributed by atoms with Crippen molar-refractivity contribution in [2.24, 2.45) is 0 Å². The van der Waals surface area contributed by atoms with Gasteiger partial charge in [-0.2, -0.15) is 0 Å². The normalized spacial score (nSPS) is 25.6. The zero-order valence-electron chi connectivity index (χ0n) is 13.8. The van der Waals surface area contributed by atoms with Gasteiger partial charge in [0.15, 0.2) is 9.84 Å². The maximum atomic E-state index is 11.5. The van der Waals surface area contributed by atoms with E-state index >= 15 is 0 Å². The summed E-state index contributed by atoms with van der Waals surface area (Å²) >= 11 is 0. The molecule has 1 aliphatic carbocycles. The van der Waals surface area contributed by atoms with Crippen LogP contribution in [0.1, 0.15) is 61.5 Å². The summed E-state index contributed by atoms with van der Waals surface area (Å²) in [5.41, 5.74) is 4.03. The van der Waals surface area contributed by atoms with Crippen molar-refractivity contribution in [3.8, 4) is 0 Å². The number of hydrogen-bond acceptors (Lipinski definition) is 3. The molecule has 1 saturated carbocycles. The first-order valence-electron chi connectivity index (χ1n) is 8.57. The maximum absolute atomic E-state index is 11.5. The van der Waals surface area contributed by atoms with Gasteiger partial charge in [-0.25, -0.2) is 8.42 Å². The average molecular weight is 324 g/mol. The van der Waals surface area contributed by atoms with Gasteiger partial charge < -0.3 is 9.88 Å². The third kappa shape index (κ3) is 3.40. The van der Waals surface area contributed by atoms with E-state index in [1.807, 2.05) is 0 Å². The Bertz CT molecular complexity index is 627. The number of nitrogens with one attached hydrogen (secondary N) is 1. The Morgan fingerprint density at radius 1 is 1.18 bits per heavy atom. The molecule has 0 amide bonds. The van der Waals surface area contributed by atoms with Crippen molar-refractivity contribution in [2.45, 2.75) is 71.0 Å². The summed E-state index contributed by atoms with van der Waals surface area (Å²) < 4.78 is 25.6. The van der Waals surface area contributed by atoms with E-state index in [-0.39, 0.29) is 6.04 Å². The van der Waals surface area contributed by atoms with Crippen molar-refractivity contribution < 1.29 is 8.42 Å². The Balaban J connectivity index is 1.67. The zero-order chi connectivity index (χ0) is 15.7. The molecule has 0 spiro atoms. The Hall–Kier alpha value is -0.810. The minimum absolute atomic E-state index is 0.128. The predicted octanol–water partition coefficient (Wildman–Crippen LogP) is 2.89. The lowest BCUT2D eigenvalue weighted by molar-refractivity contribution is 0.345. The number of rotatable bonds is 4. The molecule has 4 nitrogen and oxygen atoms in total. The van der Waals surface area contributed by atoms with Crippen LogP contribution in [0.15, 0.2) is 6.07 Å². The van der Waals surface area contributed by atoms with Crippen LogP contribution in [0.25, 0.3) is 0 Å². The first-order chi connectivity index (χ1) is 10.5. The van der Waals surface area contributed by atoms with Crippen LogP contribution in [-0.2, 0) is 16.4 Å². The third-order valence-electron chi connectivity index (χ3n) is 5.34. The summed E-state index contributed by atoms with van der Waals surface area (Å²) in [5, 5.41) is 3.45. The van der Waals surface area contributed by atoms with Crippen molar-refractivity contribution >= 4 is 9.84 Å². The van der Waals surface area contributed by atoms with Crippen LogP contribution in [-0.4, -0.2) is 30.5 Å². The highest BCUT2D eigenvalue weighted by molar-refractivity contribution is 7.91. The van der Waals surface area contributed by atoms with Crippen molar-refractivity contribution in [3.05, 3.63) is 23.0 Å². The van der Waals surface area contributed by atoms with Crippen molar-refractivity contribution in [1.82, 2.24) is 9.88 Å². The maximum Gasteiger partial charge on any atom is 0.151 e. The fourth-order valence-electron chi connectivity index (χ4n) is 4.14. The van der Waals surface area contributed by atoms with Crippen LogP contribution >= 0.6 is 0 Å². The van der Waals surface area contributed by atoms with Gasteiger partial charge >= 0.3 is 0 Å². The molecule has 1 saturated heterocycles. The van der Waals surface area contributed by atoms with Crippen molar-refractivity contribution in [2.75, 3.05) is 11.5 Å². The number of sulfone groups is 1. The second-order valence-corrected chi connectivity index (χ2v) is 9.27. The molecule has 1 aromatic rings. The second kappa shape index (κ2) is 6.36. The Labute approximate surface area is 134 Å². The van der Waals surface area contributed by atoms with Crippen molar-refractivity contribution in [1.29, 1.82) is 0 Å². The molecule has 2 fully saturated rings. The highest BCUT2D eigenvalue weighted by atomic mass is 32.2. The second-order valence-electron chi connectivity index (χ2n) is 7.04. The molecule has 0 radical (unpaired) electrons. The summed E-state index contributed by atoms with van der Waals surface area (Å²) in [5.74, 6) is 0.639. The smallest absolute Gasteiger partial charge is 0.151 e. The minimum Gasteiger partial charge on any atom is -0.346 e. The molecule has 1 N–H and O–H groups in total. The highest BCUT2D eigenvalue weighted by Crippen LogP contribution is 2.32. The van der Waals surface area contributed by atoms with E-state index in [1.54, 1.807) is 0 Å². The van der Waals surface area contributed by atoms with E-state index in [9.17, 15) is 8.42 Å². The topological polar surface area (TPSA) is 51.1 Å². The third-order valence-corrected chi connectivity index (χ3v) is 7.11. The number of hydrogen-bond donors (Lipinski definition) is 1. The largest absolute Gasteiger partial charge is 0.346 e. The van der Waals surface area contributed by atoms with Gasteiger partial charge in [-0.15, -0.1) is 0 Å². The van der Waals surface area contributed by atoms with Gasteiger partial charge in [-0.3, -0.25) is 0 Å². The van der Waals surface area contributed by atoms with Crippen LogP contribution in [0.3, 0.4) is 0 Å². The van der Waals surface area contributed by atoms with Crippen LogP contribution in [0, 0.1) is 13.8 Å². The Morgan fingerprint density at radius 3 is 2.55 bits per heavy atom. The Morgan fingerprint density at radius 2 is 1.91 bits per heavy atom. The number of aryl methyl sites for hydroxylation is 1. The van der Waals surface area contributed by atoms with E-state index in [4.69, 9.17) is 0 Å². The predicted molar refractivity (Wildman–Crippen MR) is 89.9 cm³/mol. The lowest BCUT2D eigenvalue weighted by Crippen LogP contribution is -2.29. The first kappa shape index (κ1) is 16.1. The lowest BCUT2D eigenvalue weighted by atomic mass is 9.95. The van der Waals surface area contributed by atoms with Gasteiger partial charge in [-0.1, -0.05) is 19.3 Å². The van der Waals surface area contributed by atoms with E-state index in [2.05, 4.69) is 29.8 Å². The molecule has 5 heteroatoms. The molecular weight excluding hydrogens is 296 g/mol. The van der Waals surface area contributed by atoms with E-state index in [1.165, 1.54) is 49.1 Å². The van der Waals surface area contributed by atoms with Crippen molar-refractivity contribution in [3.63, 3.8) is 0 Å². The van der Waals surface area contributed by atoms with Gasteiger partial charge in [0.2, 0.25) is 0 Å². The summed E-state index contributed by atoms with van der Waals surface area (Å²) in [7, 11) is -2.80. The standard InChI is InChI=1S/C17H28N2O2S/c1-13-10-15(11-18-16-8-9-22(20,21)12-16)14(2)19(13)17-6-4-3-5-7-17/h10,16-18H,3-9,11-12H2,1-2H3/t16-/m1/s1. The van der Waals surface area contributed by atoms with Gasteiger partial charge in [0.25, 0.3) is 0 Å². The van der Waals surface area contributed by atoms with Crippen LogP contribution in [0.2, 0.25) is 0 Å².